The number of aromatic nitrogens is 1. The zero-order valence-corrected chi connectivity index (χ0v) is 11.2. The predicted molar refractivity (Wildman–Crippen MR) is 77.5 cm³/mol. The van der Waals surface area contributed by atoms with Crippen molar-refractivity contribution in [1.29, 1.82) is 0 Å². The molecule has 4 heteroatoms. The summed E-state index contributed by atoms with van der Waals surface area (Å²) in [4.78, 5) is 15.7. The fraction of sp³-hybridized carbons (Fsp3) is 0.250. The molecule has 104 valence electrons. The molecule has 2 rings (SSSR count). The summed E-state index contributed by atoms with van der Waals surface area (Å²) in [6.45, 7) is 0.985. The Kier molecular flexibility index (Phi) is 5.41. The Balaban J connectivity index is 1.71. The summed E-state index contributed by atoms with van der Waals surface area (Å²) < 4.78 is 0. The Hall–Kier alpha value is -2.04. The highest BCUT2D eigenvalue weighted by molar-refractivity contribution is 5.95. The standard InChI is InChI=1S/C16H18N2O2/c19-15(14-6-9-17-10-7-14)8-11-18-12-16(20)13-4-2-1-3-5-13/h1-7,9-10,16,18,20H,8,11-12H2. The van der Waals surface area contributed by atoms with E-state index in [-0.39, 0.29) is 5.78 Å². The summed E-state index contributed by atoms with van der Waals surface area (Å²) in [5.41, 5.74) is 1.55. The first-order valence-electron chi connectivity index (χ1n) is 6.64. The zero-order chi connectivity index (χ0) is 14.2. The molecule has 1 atom stereocenters. The minimum absolute atomic E-state index is 0.0779. The maximum atomic E-state index is 11.8. The molecule has 0 bridgehead atoms. The van der Waals surface area contributed by atoms with Gasteiger partial charge in [0.05, 0.1) is 6.10 Å². The molecule has 2 aromatic rings. The van der Waals surface area contributed by atoms with Crippen LogP contribution in [0.15, 0.2) is 54.9 Å². The van der Waals surface area contributed by atoms with Gasteiger partial charge < -0.3 is 10.4 Å². The lowest BCUT2D eigenvalue weighted by Gasteiger charge is -2.11. The van der Waals surface area contributed by atoms with Crippen LogP contribution in [0.5, 0.6) is 0 Å². The van der Waals surface area contributed by atoms with E-state index in [0.717, 1.165) is 5.56 Å². The van der Waals surface area contributed by atoms with Gasteiger partial charge in [-0.15, -0.1) is 0 Å². The van der Waals surface area contributed by atoms with Crippen LogP contribution >= 0.6 is 0 Å². The molecule has 1 aromatic heterocycles. The van der Waals surface area contributed by atoms with Crippen LogP contribution in [-0.2, 0) is 0 Å². The van der Waals surface area contributed by atoms with Gasteiger partial charge in [-0.1, -0.05) is 30.3 Å². The zero-order valence-electron chi connectivity index (χ0n) is 11.2. The van der Waals surface area contributed by atoms with Gasteiger partial charge in [0.25, 0.3) is 0 Å². The van der Waals surface area contributed by atoms with Gasteiger partial charge in [0, 0.05) is 37.5 Å². The third-order valence-electron chi connectivity index (χ3n) is 3.05. The molecule has 0 saturated carbocycles. The molecule has 0 amide bonds. The van der Waals surface area contributed by atoms with Crippen molar-refractivity contribution in [3.05, 3.63) is 66.0 Å². The molecule has 0 aliphatic heterocycles. The summed E-state index contributed by atoms with van der Waals surface area (Å²) in [5.74, 6) is 0.0779. The quantitative estimate of drug-likeness (QED) is 0.596. The van der Waals surface area contributed by atoms with Crippen molar-refractivity contribution in [1.82, 2.24) is 10.3 Å². The molecule has 1 unspecified atom stereocenters. The minimum Gasteiger partial charge on any atom is -0.387 e. The van der Waals surface area contributed by atoms with E-state index in [1.165, 1.54) is 0 Å². The van der Waals surface area contributed by atoms with Crippen LogP contribution in [0.2, 0.25) is 0 Å². The van der Waals surface area contributed by atoms with Crippen LogP contribution in [-0.4, -0.2) is 29.0 Å². The van der Waals surface area contributed by atoms with Crippen LogP contribution in [0.25, 0.3) is 0 Å². The first kappa shape index (κ1) is 14.4. The molecular formula is C16H18N2O2. The number of hydrogen-bond donors (Lipinski definition) is 2. The Morgan fingerprint density at radius 2 is 1.85 bits per heavy atom. The number of rotatable bonds is 7. The number of benzene rings is 1. The van der Waals surface area contributed by atoms with Crippen molar-refractivity contribution < 1.29 is 9.90 Å². The number of pyridine rings is 1. The van der Waals surface area contributed by atoms with Gasteiger partial charge in [-0.3, -0.25) is 9.78 Å². The van der Waals surface area contributed by atoms with E-state index in [1.807, 2.05) is 30.3 Å². The molecule has 0 fully saturated rings. The van der Waals surface area contributed by atoms with Crippen LogP contribution in [0, 0.1) is 0 Å². The van der Waals surface area contributed by atoms with E-state index in [2.05, 4.69) is 10.3 Å². The normalized spacial score (nSPS) is 12.1. The van der Waals surface area contributed by atoms with Crippen molar-refractivity contribution in [3.8, 4) is 0 Å². The number of aliphatic hydroxyl groups is 1. The number of hydrogen-bond acceptors (Lipinski definition) is 4. The number of ketones is 1. The number of carbonyl (C=O) groups excluding carboxylic acids is 1. The maximum absolute atomic E-state index is 11.8. The highest BCUT2D eigenvalue weighted by Gasteiger charge is 2.07. The van der Waals surface area contributed by atoms with E-state index >= 15 is 0 Å². The monoisotopic (exact) mass is 270 g/mol. The number of nitrogens with zero attached hydrogens (tertiary/aromatic N) is 1. The molecule has 20 heavy (non-hydrogen) atoms. The van der Waals surface area contributed by atoms with Crippen molar-refractivity contribution in [2.45, 2.75) is 12.5 Å². The molecule has 2 N–H and O–H groups in total. The fourth-order valence-electron chi connectivity index (χ4n) is 1.92. The van der Waals surface area contributed by atoms with E-state index in [1.54, 1.807) is 24.5 Å². The summed E-state index contributed by atoms with van der Waals surface area (Å²) in [6, 6.07) is 12.9. The number of nitrogens with one attached hydrogen (secondary N) is 1. The van der Waals surface area contributed by atoms with Gasteiger partial charge in [-0.25, -0.2) is 0 Å². The van der Waals surface area contributed by atoms with E-state index in [0.29, 0.717) is 25.1 Å². The molecule has 4 nitrogen and oxygen atoms in total. The molecule has 0 aliphatic carbocycles. The van der Waals surface area contributed by atoms with Gasteiger partial charge in [-0.2, -0.15) is 0 Å². The molecule has 1 aromatic carbocycles. The first-order chi connectivity index (χ1) is 9.77. The topological polar surface area (TPSA) is 62.2 Å². The molecule has 0 spiro atoms. The Morgan fingerprint density at radius 1 is 1.15 bits per heavy atom. The van der Waals surface area contributed by atoms with Crippen molar-refractivity contribution in [2.24, 2.45) is 0 Å². The Morgan fingerprint density at radius 3 is 2.55 bits per heavy atom. The molecule has 1 heterocycles. The lowest BCUT2D eigenvalue weighted by molar-refractivity contribution is 0.0979. The number of aliphatic hydroxyl groups excluding tert-OH is 1. The second-order valence-electron chi connectivity index (χ2n) is 4.54. The van der Waals surface area contributed by atoms with Crippen molar-refractivity contribution in [3.63, 3.8) is 0 Å². The summed E-state index contributed by atoms with van der Waals surface area (Å²) in [6.07, 6.45) is 3.08. The van der Waals surface area contributed by atoms with Gasteiger partial charge in [-0.05, 0) is 17.7 Å². The molecular weight excluding hydrogens is 252 g/mol. The number of Topliss-reactive ketones (excluding diaryl/α,β-unsaturated/α-hetero) is 1. The SMILES string of the molecule is O=C(CCNCC(O)c1ccccc1)c1ccncc1. The molecule has 0 aliphatic rings. The molecule has 0 radical (unpaired) electrons. The second-order valence-corrected chi connectivity index (χ2v) is 4.54. The first-order valence-corrected chi connectivity index (χ1v) is 6.64. The Labute approximate surface area is 118 Å². The van der Waals surface area contributed by atoms with Crippen molar-refractivity contribution >= 4 is 5.78 Å². The lowest BCUT2D eigenvalue weighted by Crippen LogP contribution is -2.24. The van der Waals surface area contributed by atoms with Gasteiger partial charge in [0.15, 0.2) is 5.78 Å². The highest BCUT2D eigenvalue weighted by Crippen LogP contribution is 2.10. The predicted octanol–water partition coefficient (Wildman–Crippen LogP) is 1.98. The van der Waals surface area contributed by atoms with Gasteiger partial charge in [0.1, 0.15) is 0 Å². The van der Waals surface area contributed by atoms with Gasteiger partial charge in [0.2, 0.25) is 0 Å². The lowest BCUT2D eigenvalue weighted by atomic mass is 10.1. The average Bonchev–Trinajstić information content (AvgIpc) is 2.53. The summed E-state index contributed by atoms with van der Waals surface area (Å²) in [7, 11) is 0. The summed E-state index contributed by atoms with van der Waals surface area (Å²) in [5, 5.41) is 13.0. The third-order valence-corrected chi connectivity index (χ3v) is 3.05. The minimum atomic E-state index is -0.549. The van der Waals surface area contributed by atoms with Crippen molar-refractivity contribution in [2.75, 3.05) is 13.1 Å². The second kappa shape index (κ2) is 7.53. The third kappa shape index (κ3) is 4.26. The van der Waals surface area contributed by atoms with Crippen LogP contribution < -0.4 is 5.32 Å². The largest absolute Gasteiger partial charge is 0.387 e. The maximum Gasteiger partial charge on any atom is 0.164 e. The highest BCUT2D eigenvalue weighted by atomic mass is 16.3. The summed E-state index contributed by atoms with van der Waals surface area (Å²) >= 11 is 0. The van der Waals surface area contributed by atoms with Crippen LogP contribution in [0.1, 0.15) is 28.4 Å². The fourth-order valence-corrected chi connectivity index (χ4v) is 1.92. The van der Waals surface area contributed by atoms with E-state index in [4.69, 9.17) is 0 Å². The number of carbonyl (C=O) groups is 1. The van der Waals surface area contributed by atoms with Crippen LogP contribution in [0.4, 0.5) is 0 Å². The van der Waals surface area contributed by atoms with Gasteiger partial charge >= 0.3 is 0 Å². The van der Waals surface area contributed by atoms with E-state index < -0.39 is 6.10 Å². The average molecular weight is 270 g/mol. The Bertz CT molecular complexity index is 529. The smallest absolute Gasteiger partial charge is 0.164 e. The molecule has 0 saturated heterocycles. The van der Waals surface area contributed by atoms with Crippen LogP contribution in [0.3, 0.4) is 0 Å². The van der Waals surface area contributed by atoms with E-state index in [9.17, 15) is 9.90 Å².